The molecule has 8 heteroatoms. The SMILES string of the molecule is O=C(Cn1c(=O)oc2ccccc21)NCc1nccc(N2CCCC2)n1. The molecule has 3 aromatic rings. The van der Waals surface area contributed by atoms with Crippen LogP contribution in [-0.2, 0) is 17.9 Å². The van der Waals surface area contributed by atoms with E-state index in [4.69, 9.17) is 4.42 Å². The summed E-state index contributed by atoms with van der Waals surface area (Å²) in [4.78, 5) is 35.1. The van der Waals surface area contributed by atoms with E-state index >= 15 is 0 Å². The second kappa shape index (κ2) is 6.99. The number of benzene rings is 1. The molecule has 1 N–H and O–H groups in total. The Hall–Kier alpha value is -3.16. The summed E-state index contributed by atoms with van der Waals surface area (Å²) in [5, 5.41) is 2.76. The average molecular weight is 353 g/mol. The van der Waals surface area contributed by atoms with Crippen molar-refractivity contribution in [3.63, 3.8) is 0 Å². The Bertz CT molecular complexity index is 988. The zero-order valence-corrected chi connectivity index (χ0v) is 14.2. The molecular weight excluding hydrogens is 334 g/mol. The second-order valence-corrected chi connectivity index (χ2v) is 6.22. The van der Waals surface area contributed by atoms with Crippen LogP contribution in [0.15, 0.2) is 45.7 Å². The van der Waals surface area contributed by atoms with Crippen LogP contribution >= 0.6 is 0 Å². The number of oxazole rings is 1. The number of hydrogen-bond donors (Lipinski definition) is 1. The Labute approximate surface area is 149 Å². The van der Waals surface area contributed by atoms with Crippen molar-refractivity contribution < 1.29 is 9.21 Å². The van der Waals surface area contributed by atoms with E-state index in [1.54, 1.807) is 30.5 Å². The standard InChI is InChI=1S/C18H19N5O3/c24-17(12-23-13-5-1-2-6-14(13)26-18(23)25)20-11-15-19-8-7-16(21-15)22-9-3-4-10-22/h1-2,5-8H,3-4,9-12H2,(H,20,24). The highest BCUT2D eigenvalue weighted by Gasteiger charge is 2.15. The number of rotatable bonds is 5. The molecule has 1 amide bonds. The number of carbonyl (C=O) groups excluding carboxylic acids is 1. The number of aromatic nitrogens is 3. The lowest BCUT2D eigenvalue weighted by atomic mass is 10.3. The molecule has 0 atom stereocenters. The van der Waals surface area contributed by atoms with Crippen molar-refractivity contribution in [1.82, 2.24) is 19.9 Å². The molecule has 0 aliphatic carbocycles. The fourth-order valence-electron chi connectivity index (χ4n) is 3.14. The summed E-state index contributed by atoms with van der Waals surface area (Å²) < 4.78 is 6.44. The van der Waals surface area contributed by atoms with E-state index in [1.807, 2.05) is 6.07 Å². The fraction of sp³-hybridized carbons (Fsp3) is 0.333. The van der Waals surface area contributed by atoms with E-state index < -0.39 is 5.76 Å². The lowest BCUT2D eigenvalue weighted by Gasteiger charge is -2.16. The zero-order valence-electron chi connectivity index (χ0n) is 14.2. The van der Waals surface area contributed by atoms with Crippen LogP contribution in [0.1, 0.15) is 18.7 Å². The number of nitrogens with one attached hydrogen (secondary N) is 1. The summed E-state index contributed by atoms with van der Waals surface area (Å²) in [5.74, 6) is 0.591. The van der Waals surface area contributed by atoms with Gasteiger partial charge in [-0.05, 0) is 31.0 Å². The molecule has 0 saturated carbocycles. The first-order chi connectivity index (χ1) is 12.7. The molecule has 3 heterocycles. The summed E-state index contributed by atoms with van der Waals surface area (Å²) >= 11 is 0. The number of anilines is 1. The number of fused-ring (bicyclic) bond motifs is 1. The molecule has 0 unspecified atom stereocenters. The molecule has 4 rings (SSSR count). The van der Waals surface area contributed by atoms with Crippen molar-refractivity contribution in [3.05, 3.63) is 52.9 Å². The molecule has 134 valence electrons. The third-order valence-electron chi connectivity index (χ3n) is 4.44. The monoisotopic (exact) mass is 353 g/mol. The lowest BCUT2D eigenvalue weighted by molar-refractivity contribution is -0.121. The van der Waals surface area contributed by atoms with Gasteiger partial charge in [-0.2, -0.15) is 0 Å². The minimum atomic E-state index is -0.548. The maximum absolute atomic E-state index is 12.2. The highest BCUT2D eigenvalue weighted by Crippen LogP contribution is 2.16. The van der Waals surface area contributed by atoms with Crippen LogP contribution < -0.4 is 16.0 Å². The minimum absolute atomic E-state index is 0.109. The van der Waals surface area contributed by atoms with E-state index in [-0.39, 0.29) is 19.0 Å². The maximum Gasteiger partial charge on any atom is 0.420 e. The van der Waals surface area contributed by atoms with Crippen molar-refractivity contribution in [3.8, 4) is 0 Å². The van der Waals surface area contributed by atoms with Gasteiger partial charge in [-0.1, -0.05) is 12.1 Å². The number of para-hydroxylation sites is 2. The highest BCUT2D eigenvalue weighted by atomic mass is 16.4. The lowest BCUT2D eigenvalue weighted by Crippen LogP contribution is -2.31. The summed E-state index contributed by atoms with van der Waals surface area (Å²) in [7, 11) is 0. The van der Waals surface area contributed by atoms with Gasteiger partial charge < -0.3 is 14.6 Å². The fourth-order valence-corrected chi connectivity index (χ4v) is 3.14. The van der Waals surface area contributed by atoms with Gasteiger partial charge in [0.1, 0.15) is 18.2 Å². The number of amides is 1. The Morgan fingerprint density at radius 2 is 2.00 bits per heavy atom. The van der Waals surface area contributed by atoms with Gasteiger partial charge in [-0.3, -0.25) is 9.36 Å². The Balaban J connectivity index is 1.42. The molecule has 1 fully saturated rings. The van der Waals surface area contributed by atoms with E-state index in [9.17, 15) is 9.59 Å². The first kappa shape index (κ1) is 16.3. The summed E-state index contributed by atoms with van der Waals surface area (Å²) in [5.41, 5.74) is 1.06. The topological polar surface area (TPSA) is 93.3 Å². The van der Waals surface area contributed by atoms with Crippen molar-refractivity contribution >= 4 is 22.8 Å². The molecular formula is C18H19N5O3. The molecule has 2 aromatic heterocycles. The average Bonchev–Trinajstić information content (AvgIpc) is 3.29. The smallest absolute Gasteiger partial charge is 0.408 e. The normalized spacial score (nSPS) is 14.1. The van der Waals surface area contributed by atoms with Gasteiger partial charge in [0.2, 0.25) is 5.91 Å². The van der Waals surface area contributed by atoms with Gasteiger partial charge in [0.05, 0.1) is 12.1 Å². The van der Waals surface area contributed by atoms with Crippen LogP contribution in [-0.4, -0.2) is 33.5 Å². The molecule has 8 nitrogen and oxygen atoms in total. The highest BCUT2D eigenvalue weighted by molar-refractivity contribution is 5.79. The van der Waals surface area contributed by atoms with Crippen molar-refractivity contribution in [2.24, 2.45) is 0 Å². The molecule has 1 aliphatic rings. The molecule has 1 aromatic carbocycles. The third kappa shape index (κ3) is 3.30. The van der Waals surface area contributed by atoms with E-state index in [2.05, 4.69) is 20.2 Å². The van der Waals surface area contributed by atoms with Crippen LogP contribution in [0, 0.1) is 0 Å². The van der Waals surface area contributed by atoms with Gasteiger partial charge in [-0.25, -0.2) is 14.8 Å². The Morgan fingerprint density at radius 3 is 2.85 bits per heavy atom. The van der Waals surface area contributed by atoms with Crippen LogP contribution in [0.3, 0.4) is 0 Å². The quantitative estimate of drug-likeness (QED) is 0.743. The van der Waals surface area contributed by atoms with Crippen LogP contribution in [0.4, 0.5) is 5.82 Å². The van der Waals surface area contributed by atoms with Gasteiger partial charge in [0.25, 0.3) is 0 Å². The second-order valence-electron chi connectivity index (χ2n) is 6.22. The predicted octanol–water partition coefficient (Wildman–Crippen LogP) is 1.30. The van der Waals surface area contributed by atoms with Crippen molar-refractivity contribution in [1.29, 1.82) is 0 Å². The van der Waals surface area contributed by atoms with Gasteiger partial charge in [0, 0.05) is 19.3 Å². The summed E-state index contributed by atoms with van der Waals surface area (Å²) in [6.07, 6.45) is 4.04. The Morgan fingerprint density at radius 1 is 1.19 bits per heavy atom. The molecule has 1 saturated heterocycles. The first-order valence-electron chi connectivity index (χ1n) is 8.63. The number of nitrogens with zero attached hydrogens (tertiary/aromatic N) is 4. The molecule has 0 radical (unpaired) electrons. The molecule has 0 bridgehead atoms. The van der Waals surface area contributed by atoms with E-state index in [0.717, 1.165) is 18.9 Å². The van der Waals surface area contributed by atoms with Crippen LogP contribution in [0.25, 0.3) is 11.1 Å². The van der Waals surface area contributed by atoms with Gasteiger partial charge in [0.15, 0.2) is 5.58 Å². The zero-order chi connectivity index (χ0) is 17.9. The number of hydrogen-bond acceptors (Lipinski definition) is 6. The van der Waals surface area contributed by atoms with Crippen LogP contribution in [0.5, 0.6) is 0 Å². The number of carbonyl (C=O) groups is 1. The van der Waals surface area contributed by atoms with Gasteiger partial charge >= 0.3 is 5.76 Å². The summed E-state index contributed by atoms with van der Waals surface area (Å²) in [6.45, 7) is 2.10. The minimum Gasteiger partial charge on any atom is -0.408 e. The van der Waals surface area contributed by atoms with E-state index in [0.29, 0.717) is 16.9 Å². The molecule has 26 heavy (non-hydrogen) atoms. The molecule has 1 aliphatic heterocycles. The third-order valence-corrected chi connectivity index (χ3v) is 4.44. The van der Waals surface area contributed by atoms with Crippen molar-refractivity contribution in [2.75, 3.05) is 18.0 Å². The first-order valence-corrected chi connectivity index (χ1v) is 8.63. The van der Waals surface area contributed by atoms with E-state index in [1.165, 1.54) is 17.4 Å². The maximum atomic E-state index is 12.2. The van der Waals surface area contributed by atoms with Crippen LogP contribution in [0.2, 0.25) is 0 Å². The van der Waals surface area contributed by atoms with Crippen molar-refractivity contribution in [2.45, 2.75) is 25.9 Å². The molecule has 0 spiro atoms. The van der Waals surface area contributed by atoms with Gasteiger partial charge in [-0.15, -0.1) is 0 Å². The Kier molecular flexibility index (Phi) is 4.39. The predicted molar refractivity (Wildman–Crippen MR) is 95.8 cm³/mol. The summed E-state index contributed by atoms with van der Waals surface area (Å²) in [6, 6.07) is 8.90. The largest absolute Gasteiger partial charge is 0.420 e.